The van der Waals surface area contributed by atoms with Crippen molar-refractivity contribution < 1.29 is 9.59 Å². The highest BCUT2D eigenvalue weighted by molar-refractivity contribution is 6.30. The number of amides is 2. The molecule has 1 aromatic rings. The Morgan fingerprint density at radius 1 is 1.30 bits per heavy atom. The molecule has 5 heteroatoms. The number of halogens is 1. The van der Waals surface area contributed by atoms with Crippen molar-refractivity contribution >= 4 is 23.4 Å². The zero-order valence-electron chi connectivity index (χ0n) is 11.9. The van der Waals surface area contributed by atoms with E-state index in [0.29, 0.717) is 5.02 Å². The maximum atomic E-state index is 12.5. The summed E-state index contributed by atoms with van der Waals surface area (Å²) in [4.78, 5) is 25.9. The van der Waals surface area contributed by atoms with Gasteiger partial charge in [-0.1, -0.05) is 37.6 Å². The number of piperazine rings is 1. The van der Waals surface area contributed by atoms with Crippen molar-refractivity contribution in [3.8, 4) is 0 Å². The SMILES string of the molecule is CC(C)C1NC(=O)CN(C(C)c2cccc(Cl)c2)C1=O. The lowest BCUT2D eigenvalue weighted by Gasteiger charge is -2.38. The van der Waals surface area contributed by atoms with E-state index in [2.05, 4.69) is 5.32 Å². The van der Waals surface area contributed by atoms with Crippen molar-refractivity contribution in [2.24, 2.45) is 5.92 Å². The molecule has 1 heterocycles. The van der Waals surface area contributed by atoms with Crippen molar-refractivity contribution in [2.45, 2.75) is 32.9 Å². The largest absolute Gasteiger partial charge is 0.343 e. The van der Waals surface area contributed by atoms with Gasteiger partial charge >= 0.3 is 0 Å². The second kappa shape index (κ2) is 5.83. The molecule has 2 rings (SSSR count). The number of nitrogens with zero attached hydrogens (tertiary/aromatic N) is 1. The fourth-order valence-corrected chi connectivity index (χ4v) is 2.62. The molecule has 2 atom stereocenters. The predicted octanol–water partition coefficient (Wildman–Crippen LogP) is 2.38. The molecule has 0 aromatic heterocycles. The predicted molar refractivity (Wildman–Crippen MR) is 78.3 cm³/mol. The Hall–Kier alpha value is -1.55. The normalized spacial score (nSPS) is 21.1. The summed E-state index contributed by atoms with van der Waals surface area (Å²) in [6.45, 7) is 5.86. The van der Waals surface area contributed by atoms with E-state index in [4.69, 9.17) is 11.6 Å². The molecule has 0 radical (unpaired) electrons. The Morgan fingerprint density at radius 2 is 2.00 bits per heavy atom. The summed E-state index contributed by atoms with van der Waals surface area (Å²) in [6.07, 6.45) is 0. The van der Waals surface area contributed by atoms with Crippen LogP contribution in [0, 0.1) is 5.92 Å². The average molecular weight is 295 g/mol. The highest BCUT2D eigenvalue weighted by Crippen LogP contribution is 2.25. The van der Waals surface area contributed by atoms with Crippen LogP contribution in [0.3, 0.4) is 0 Å². The first-order valence-corrected chi connectivity index (χ1v) is 7.13. The third-order valence-corrected chi connectivity index (χ3v) is 3.88. The van der Waals surface area contributed by atoms with E-state index < -0.39 is 6.04 Å². The van der Waals surface area contributed by atoms with Crippen molar-refractivity contribution in [1.82, 2.24) is 10.2 Å². The minimum absolute atomic E-state index is 0.0351. The quantitative estimate of drug-likeness (QED) is 0.930. The number of carbonyl (C=O) groups excluding carboxylic acids is 2. The molecule has 2 amide bonds. The molecule has 1 saturated heterocycles. The lowest BCUT2D eigenvalue weighted by Crippen LogP contribution is -2.60. The first-order chi connectivity index (χ1) is 9.40. The van der Waals surface area contributed by atoms with Crippen LogP contribution < -0.4 is 5.32 Å². The van der Waals surface area contributed by atoms with Gasteiger partial charge in [-0.15, -0.1) is 0 Å². The van der Waals surface area contributed by atoms with Crippen LogP contribution in [0.15, 0.2) is 24.3 Å². The van der Waals surface area contributed by atoms with Gasteiger partial charge in [-0.05, 0) is 30.5 Å². The number of rotatable bonds is 3. The monoisotopic (exact) mass is 294 g/mol. The van der Waals surface area contributed by atoms with E-state index >= 15 is 0 Å². The lowest BCUT2D eigenvalue weighted by molar-refractivity contribution is -0.147. The first-order valence-electron chi connectivity index (χ1n) is 6.75. The summed E-state index contributed by atoms with van der Waals surface area (Å²) in [5.41, 5.74) is 0.933. The number of hydrogen-bond acceptors (Lipinski definition) is 2. The minimum Gasteiger partial charge on any atom is -0.343 e. The molecule has 0 aliphatic carbocycles. The number of hydrogen-bond donors (Lipinski definition) is 1. The fourth-order valence-electron chi connectivity index (χ4n) is 2.42. The van der Waals surface area contributed by atoms with Gasteiger partial charge in [0.25, 0.3) is 0 Å². The third-order valence-electron chi connectivity index (χ3n) is 3.64. The molecule has 1 N–H and O–H groups in total. The van der Waals surface area contributed by atoms with Gasteiger partial charge in [0.1, 0.15) is 12.6 Å². The van der Waals surface area contributed by atoms with Crippen LogP contribution in [-0.4, -0.2) is 29.3 Å². The molecule has 20 heavy (non-hydrogen) atoms. The van der Waals surface area contributed by atoms with Gasteiger partial charge in [0, 0.05) is 5.02 Å². The zero-order valence-corrected chi connectivity index (χ0v) is 12.6. The minimum atomic E-state index is -0.446. The van der Waals surface area contributed by atoms with E-state index in [1.807, 2.05) is 39.0 Å². The number of benzene rings is 1. The molecule has 1 fully saturated rings. The van der Waals surface area contributed by atoms with Gasteiger partial charge in [-0.3, -0.25) is 9.59 Å². The molecule has 108 valence electrons. The van der Waals surface area contributed by atoms with Gasteiger partial charge in [0.05, 0.1) is 6.04 Å². The van der Waals surface area contributed by atoms with Crippen LogP contribution >= 0.6 is 11.6 Å². The van der Waals surface area contributed by atoms with Crippen LogP contribution in [0.2, 0.25) is 5.02 Å². The van der Waals surface area contributed by atoms with Gasteiger partial charge < -0.3 is 10.2 Å². The second-order valence-corrected chi connectivity index (χ2v) is 5.92. The van der Waals surface area contributed by atoms with Crippen molar-refractivity contribution in [3.05, 3.63) is 34.9 Å². The standard InChI is InChI=1S/C15H19ClN2O2/c1-9(2)14-15(20)18(8-13(19)17-14)10(3)11-5-4-6-12(16)7-11/h4-7,9-10,14H,8H2,1-3H3,(H,17,19). The van der Waals surface area contributed by atoms with Crippen LogP contribution in [0.25, 0.3) is 0 Å². The highest BCUT2D eigenvalue weighted by atomic mass is 35.5. The Balaban J connectivity index is 2.26. The molecule has 0 spiro atoms. The molecule has 2 unspecified atom stereocenters. The highest BCUT2D eigenvalue weighted by Gasteiger charge is 2.37. The topological polar surface area (TPSA) is 49.4 Å². The van der Waals surface area contributed by atoms with E-state index in [1.165, 1.54) is 0 Å². The zero-order chi connectivity index (χ0) is 14.9. The summed E-state index contributed by atoms with van der Waals surface area (Å²) in [7, 11) is 0. The third kappa shape index (κ3) is 2.96. The molecule has 4 nitrogen and oxygen atoms in total. The van der Waals surface area contributed by atoms with Gasteiger partial charge in [-0.2, -0.15) is 0 Å². The maximum absolute atomic E-state index is 12.5. The number of nitrogens with one attached hydrogen (secondary N) is 1. The molecular formula is C15H19ClN2O2. The van der Waals surface area contributed by atoms with Crippen molar-refractivity contribution in [1.29, 1.82) is 0 Å². The fraction of sp³-hybridized carbons (Fsp3) is 0.467. The van der Waals surface area contributed by atoms with Crippen LogP contribution in [0.5, 0.6) is 0 Å². The van der Waals surface area contributed by atoms with Gasteiger partial charge in [0.2, 0.25) is 11.8 Å². The summed E-state index contributed by atoms with van der Waals surface area (Å²) >= 11 is 5.99. The van der Waals surface area contributed by atoms with Crippen molar-refractivity contribution in [2.75, 3.05) is 6.54 Å². The molecule has 1 aliphatic rings. The van der Waals surface area contributed by atoms with Crippen LogP contribution in [-0.2, 0) is 9.59 Å². The van der Waals surface area contributed by atoms with Gasteiger partial charge in [-0.25, -0.2) is 0 Å². The smallest absolute Gasteiger partial charge is 0.246 e. The first kappa shape index (κ1) is 14.9. The Morgan fingerprint density at radius 3 is 2.60 bits per heavy atom. The van der Waals surface area contributed by atoms with E-state index in [1.54, 1.807) is 11.0 Å². The Bertz CT molecular complexity index is 530. The Labute approximate surface area is 124 Å². The molecule has 1 aliphatic heterocycles. The van der Waals surface area contributed by atoms with E-state index in [0.717, 1.165) is 5.56 Å². The summed E-state index contributed by atoms with van der Waals surface area (Å²) in [5, 5.41) is 3.39. The average Bonchev–Trinajstić information content (AvgIpc) is 2.40. The summed E-state index contributed by atoms with van der Waals surface area (Å²) in [6, 6.07) is 6.77. The summed E-state index contributed by atoms with van der Waals surface area (Å²) in [5.74, 6) is -0.0786. The molecule has 0 saturated carbocycles. The molecular weight excluding hydrogens is 276 g/mol. The Kier molecular flexibility index (Phi) is 4.33. The molecule has 1 aromatic carbocycles. The molecule has 0 bridgehead atoms. The van der Waals surface area contributed by atoms with E-state index in [9.17, 15) is 9.59 Å². The van der Waals surface area contributed by atoms with Crippen LogP contribution in [0.1, 0.15) is 32.4 Å². The maximum Gasteiger partial charge on any atom is 0.246 e. The van der Waals surface area contributed by atoms with Gasteiger partial charge in [0.15, 0.2) is 0 Å². The summed E-state index contributed by atoms with van der Waals surface area (Å²) < 4.78 is 0. The van der Waals surface area contributed by atoms with E-state index in [-0.39, 0.29) is 30.3 Å². The number of carbonyl (C=O) groups is 2. The van der Waals surface area contributed by atoms with Crippen molar-refractivity contribution in [3.63, 3.8) is 0 Å². The lowest BCUT2D eigenvalue weighted by atomic mass is 9.98. The van der Waals surface area contributed by atoms with Crippen LogP contribution in [0.4, 0.5) is 0 Å². The second-order valence-electron chi connectivity index (χ2n) is 5.49.